The van der Waals surface area contributed by atoms with Crippen LogP contribution in [0.25, 0.3) is 33.0 Å². The van der Waals surface area contributed by atoms with Crippen molar-refractivity contribution in [3.63, 3.8) is 0 Å². The molecule has 0 atom stereocenters. The van der Waals surface area contributed by atoms with Crippen LogP contribution in [-0.2, 0) is 17.8 Å². The zero-order chi connectivity index (χ0) is 44.8. The zero-order valence-corrected chi connectivity index (χ0v) is 35.1. The molecule has 0 heterocycles. The number of hydrogen-bond donors (Lipinski definition) is 0. The Labute approximate surface area is 372 Å². The lowest BCUT2D eigenvalue weighted by molar-refractivity contribution is -0.137. The maximum absolute atomic E-state index is 14.9. The van der Waals surface area contributed by atoms with Crippen molar-refractivity contribution in [2.45, 2.75) is 31.6 Å². The predicted octanol–water partition coefficient (Wildman–Crippen LogP) is 16.8. The molecule has 0 radical (unpaired) electrons. The van der Waals surface area contributed by atoms with Crippen molar-refractivity contribution in [1.82, 2.24) is 0 Å². The molecule has 0 N–H and O–H groups in total. The first-order chi connectivity index (χ1) is 31.3. The molecule has 9 aromatic rings. The molecule has 8 heteroatoms. The predicted molar refractivity (Wildman–Crippen MR) is 249 cm³/mol. The first kappa shape index (κ1) is 40.2. The van der Waals surface area contributed by atoms with Gasteiger partial charge in [-0.2, -0.15) is 26.3 Å². The van der Waals surface area contributed by atoms with Gasteiger partial charge in [0.15, 0.2) is 0 Å². The molecule has 0 aromatic heterocycles. The molecule has 0 aliphatic heterocycles. The number of para-hydroxylation sites is 2. The monoisotopic (exact) mass is 864 g/mol. The number of anilines is 6. The largest absolute Gasteiger partial charge is 0.418 e. The van der Waals surface area contributed by atoms with E-state index in [1.54, 1.807) is 21.9 Å². The van der Waals surface area contributed by atoms with Crippen LogP contribution in [0.15, 0.2) is 194 Å². The van der Waals surface area contributed by atoms with Gasteiger partial charge < -0.3 is 9.80 Å². The van der Waals surface area contributed by atoms with Crippen molar-refractivity contribution in [3.8, 4) is 22.3 Å². The van der Waals surface area contributed by atoms with Gasteiger partial charge in [-0.25, -0.2) is 0 Å². The summed E-state index contributed by atoms with van der Waals surface area (Å²) in [4.78, 5) is 3.36. The van der Waals surface area contributed by atoms with E-state index in [9.17, 15) is 26.3 Å². The minimum Gasteiger partial charge on any atom is -0.310 e. The van der Waals surface area contributed by atoms with E-state index in [4.69, 9.17) is 0 Å². The maximum Gasteiger partial charge on any atom is 0.418 e. The molecule has 1 spiro atoms. The summed E-state index contributed by atoms with van der Waals surface area (Å²) in [6, 6.07) is 58.8. The number of fused-ring (bicyclic) bond motifs is 11. The van der Waals surface area contributed by atoms with Gasteiger partial charge in [-0.15, -0.1) is 0 Å². The van der Waals surface area contributed by atoms with Gasteiger partial charge in [-0.1, -0.05) is 109 Å². The van der Waals surface area contributed by atoms with E-state index < -0.39 is 28.9 Å². The van der Waals surface area contributed by atoms with Crippen LogP contribution in [0.4, 0.5) is 60.5 Å². The summed E-state index contributed by atoms with van der Waals surface area (Å²) in [5, 5.41) is 1.70. The highest BCUT2D eigenvalue weighted by molar-refractivity contribution is 6.02. The number of rotatable bonds is 6. The van der Waals surface area contributed by atoms with Crippen LogP contribution in [0.5, 0.6) is 0 Å². The third kappa shape index (κ3) is 6.33. The fourth-order valence-electron chi connectivity index (χ4n) is 10.3. The third-order valence-electron chi connectivity index (χ3n) is 13.0. The van der Waals surface area contributed by atoms with E-state index in [0.717, 1.165) is 78.5 Å². The molecule has 0 amide bonds. The van der Waals surface area contributed by atoms with Crippen LogP contribution in [0.1, 0.15) is 44.5 Å². The summed E-state index contributed by atoms with van der Waals surface area (Å²) in [7, 11) is 0. The van der Waals surface area contributed by atoms with Crippen molar-refractivity contribution in [2.24, 2.45) is 0 Å². The van der Waals surface area contributed by atoms with Crippen molar-refractivity contribution < 1.29 is 26.3 Å². The van der Waals surface area contributed by atoms with Gasteiger partial charge in [-0.3, -0.25) is 0 Å². The van der Waals surface area contributed by atoms with Gasteiger partial charge >= 0.3 is 12.4 Å². The van der Waals surface area contributed by atoms with Gasteiger partial charge in [0.25, 0.3) is 0 Å². The summed E-state index contributed by atoms with van der Waals surface area (Å²) in [6.45, 7) is 3.83. The first-order valence-electron chi connectivity index (χ1n) is 21.3. The standard InChI is InChI=1S/C57H38F6N2/c1-35-13-11-15-39(29-35)64(53-23-9-7-21-49(53)56(58,59)60)41-26-25-37-32-46-45-28-27-42(65(40-16-12-14-36(2)30-40)54-24-10-8-22-50(54)57(61,62)63)34-52(45)55(51(46)33-38(37)31-41)47-19-5-3-17-43(47)44-18-4-6-20-48(44)55/h3-34H,1-2H3. The van der Waals surface area contributed by atoms with Gasteiger partial charge in [-0.05, 0) is 165 Å². The second-order valence-corrected chi connectivity index (χ2v) is 16.9. The average molecular weight is 865 g/mol. The van der Waals surface area contributed by atoms with E-state index in [1.807, 2.05) is 123 Å². The lowest BCUT2D eigenvalue weighted by Gasteiger charge is -2.33. The number of hydrogen-bond acceptors (Lipinski definition) is 2. The molecular weight excluding hydrogens is 827 g/mol. The fraction of sp³-hybridized carbons (Fsp3) is 0.0877. The number of alkyl halides is 6. The quantitative estimate of drug-likeness (QED) is 0.154. The molecule has 11 rings (SSSR count). The molecule has 0 saturated heterocycles. The van der Waals surface area contributed by atoms with Crippen LogP contribution < -0.4 is 9.80 Å². The van der Waals surface area contributed by atoms with Crippen LogP contribution in [0, 0.1) is 13.8 Å². The first-order valence-corrected chi connectivity index (χ1v) is 21.3. The fourth-order valence-corrected chi connectivity index (χ4v) is 10.3. The van der Waals surface area contributed by atoms with Crippen LogP contribution in [-0.4, -0.2) is 0 Å². The normalized spacial score (nSPS) is 13.4. The Morgan fingerprint density at radius 3 is 1.32 bits per heavy atom. The van der Waals surface area contributed by atoms with Gasteiger partial charge in [0.2, 0.25) is 0 Å². The van der Waals surface area contributed by atoms with Gasteiger partial charge in [0.1, 0.15) is 0 Å². The Morgan fingerprint density at radius 1 is 0.338 bits per heavy atom. The Bertz CT molecular complexity index is 3320. The zero-order valence-electron chi connectivity index (χ0n) is 35.1. The highest BCUT2D eigenvalue weighted by Crippen LogP contribution is 2.64. The van der Waals surface area contributed by atoms with Gasteiger partial charge in [0, 0.05) is 22.7 Å². The Hall–Kier alpha value is -7.58. The molecule has 65 heavy (non-hydrogen) atoms. The summed E-state index contributed by atoms with van der Waals surface area (Å²) in [5.41, 5.74) is 9.65. The molecular formula is C57H38F6N2. The summed E-state index contributed by atoms with van der Waals surface area (Å²) >= 11 is 0. The topological polar surface area (TPSA) is 6.48 Å². The van der Waals surface area contributed by atoms with E-state index in [1.165, 1.54) is 24.3 Å². The Morgan fingerprint density at radius 2 is 0.785 bits per heavy atom. The molecule has 2 aliphatic rings. The Balaban J connectivity index is 1.18. The number of aryl methyl sites for hydroxylation is 2. The van der Waals surface area contributed by atoms with Gasteiger partial charge in [0.05, 0.1) is 27.9 Å². The second kappa shape index (κ2) is 14.7. The average Bonchev–Trinajstić information content (AvgIpc) is 3.75. The van der Waals surface area contributed by atoms with E-state index in [-0.39, 0.29) is 11.4 Å². The third-order valence-corrected chi connectivity index (χ3v) is 13.0. The molecule has 2 aliphatic carbocycles. The highest BCUT2D eigenvalue weighted by Gasteiger charge is 2.52. The van der Waals surface area contributed by atoms with Crippen molar-refractivity contribution in [3.05, 3.63) is 239 Å². The van der Waals surface area contributed by atoms with Crippen molar-refractivity contribution in [1.29, 1.82) is 0 Å². The van der Waals surface area contributed by atoms with Crippen molar-refractivity contribution in [2.75, 3.05) is 9.80 Å². The van der Waals surface area contributed by atoms with E-state index in [2.05, 4.69) is 36.4 Å². The number of benzene rings is 9. The van der Waals surface area contributed by atoms with Crippen molar-refractivity contribution >= 4 is 44.9 Å². The lowest BCUT2D eigenvalue weighted by atomic mass is 9.70. The van der Waals surface area contributed by atoms with Crippen LogP contribution in [0.3, 0.4) is 0 Å². The highest BCUT2D eigenvalue weighted by atomic mass is 19.4. The summed E-state index contributed by atoms with van der Waals surface area (Å²) in [5.74, 6) is 0. The molecule has 2 nitrogen and oxygen atoms in total. The summed E-state index contributed by atoms with van der Waals surface area (Å²) in [6.07, 6.45) is -9.24. The molecule has 0 unspecified atom stereocenters. The molecule has 9 aromatic carbocycles. The molecule has 0 saturated carbocycles. The minimum atomic E-state index is -4.63. The van der Waals surface area contributed by atoms with Crippen LogP contribution in [0.2, 0.25) is 0 Å². The number of nitrogens with zero attached hydrogens (tertiary/aromatic N) is 2. The second-order valence-electron chi connectivity index (χ2n) is 16.9. The molecule has 318 valence electrons. The lowest BCUT2D eigenvalue weighted by Crippen LogP contribution is -2.26. The smallest absolute Gasteiger partial charge is 0.310 e. The number of halogens is 6. The SMILES string of the molecule is Cc1cccc(N(c2ccc3c(c2)C2(c4ccccc4-c4ccccc42)c2cc4cc(N(c5cccc(C)c5)c5ccccc5C(F)(F)F)ccc4cc2-3)c2ccccc2C(F)(F)F)c1. The summed E-state index contributed by atoms with van der Waals surface area (Å²) < 4.78 is 89.0. The Kier molecular flexibility index (Phi) is 9.12. The molecule has 0 fully saturated rings. The van der Waals surface area contributed by atoms with Crippen LogP contribution >= 0.6 is 0 Å². The minimum absolute atomic E-state index is 0.00543. The van der Waals surface area contributed by atoms with E-state index >= 15 is 0 Å². The molecule has 0 bridgehead atoms. The van der Waals surface area contributed by atoms with E-state index in [0.29, 0.717) is 22.7 Å². The maximum atomic E-state index is 14.9.